The summed E-state index contributed by atoms with van der Waals surface area (Å²) in [6, 6.07) is 3.74. The largest absolute Gasteiger partial charge is 0.335 e. The highest BCUT2D eigenvalue weighted by atomic mass is 16.2. The highest BCUT2D eigenvalue weighted by Gasteiger charge is 2.39. The first-order valence-corrected chi connectivity index (χ1v) is 7.94. The predicted molar refractivity (Wildman–Crippen MR) is 80.0 cm³/mol. The number of hydrogen-bond acceptors (Lipinski definition) is 3. The summed E-state index contributed by atoms with van der Waals surface area (Å²) in [6.07, 6.45) is 7.43. The second kappa shape index (κ2) is 5.96. The molecule has 1 aliphatic carbocycles. The van der Waals surface area contributed by atoms with Gasteiger partial charge < -0.3 is 4.90 Å². The maximum absolute atomic E-state index is 12.9. The van der Waals surface area contributed by atoms with Crippen LogP contribution in [0.2, 0.25) is 0 Å². The number of hydrogen-bond donors (Lipinski definition) is 0. The van der Waals surface area contributed by atoms with Gasteiger partial charge in [-0.1, -0.05) is 0 Å². The van der Waals surface area contributed by atoms with Crippen molar-refractivity contribution in [3.8, 4) is 0 Å². The Labute approximate surface area is 125 Å². The Bertz CT molecular complexity index is 555. The fraction of sp³-hybridized carbons (Fsp3) is 0.588. The number of aromatic nitrogens is 1. The number of nitrogens with zero attached hydrogens (tertiary/aromatic N) is 2. The van der Waals surface area contributed by atoms with Crippen LogP contribution in [0.5, 0.6) is 0 Å². The molecule has 1 amide bonds. The molecule has 1 aromatic rings. The van der Waals surface area contributed by atoms with Crippen LogP contribution in [0.15, 0.2) is 18.3 Å². The first kappa shape index (κ1) is 14.2. The first-order chi connectivity index (χ1) is 10.2. The van der Waals surface area contributed by atoms with Crippen molar-refractivity contribution in [1.82, 2.24) is 9.88 Å². The number of carbonyl (C=O) groups excluding carboxylic acids is 2. The van der Waals surface area contributed by atoms with Gasteiger partial charge in [0.05, 0.1) is 5.56 Å². The summed E-state index contributed by atoms with van der Waals surface area (Å²) in [5.74, 6) is 0.457. The van der Waals surface area contributed by atoms with Crippen molar-refractivity contribution in [2.24, 2.45) is 5.92 Å². The standard InChI is InChI=1S/C17H22N2O2/c1-12-13(7-5-10-18-12)17(21)19-11-3-2-8-15(19)14-6-4-9-16(14)20/h5,7,10,14-15H,2-4,6,8-9,11H2,1H3. The molecule has 1 saturated heterocycles. The molecule has 0 aromatic carbocycles. The van der Waals surface area contributed by atoms with E-state index in [1.54, 1.807) is 12.3 Å². The number of ketones is 1. The molecule has 0 N–H and O–H groups in total. The van der Waals surface area contributed by atoms with Crippen LogP contribution in [0.4, 0.5) is 0 Å². The van der Waals surface area contributed by atoms with Gasteiger partial charge in [-0.05, 0) is 51.2 Å². The van der Waals surface area contributed by atoms with Crippen molar-refractivity contribution < 1.29 is 9.59 Å². The maximum atomic E-state index is 12.9. The van der Waals surface area contributed by atoms with Gasteiger partial charge in [0.15, 0.2) is 0 Å². The van der Waals surface area contributed by atoms with E-state index in [2.05, 4.69) is 4.98 Å². The van der Waals surface area contributed by atoms with Crippen molar-refractivity contribution in [3.63, 3.8) is 0 Å². The Morgan fingerprint density at radius 2 is 2.14 bits per heavy atom. The molecule has 21 heavy (non-hydrogen) atoms. The van der Waals surface area contributed by atoms with Crippen LogP contribution in [0.3, 0.4) is 0 Å². The number of pyridine rings is 1. The van der Waals surface area contributed by atoms with Gasteiger partial charge in [0.1, 0.15) is 5.78 Å². The van der Waals surface area contributed by atoms with Crippen molar-refractivity contribution in [1.29, 1.82) is 0 Å². The number of rotatable bonds is 2. The van der Waals surface area contributed by atoms with Crippen LogP contribution < -0.4 is 0 Å². The van der Waals surface area contributed by atoms with Crippen LogP contribution in [0.25, 0.3) is 0 Å². The molecular weight excluding hydrogens is 264 g/mol. The van der Waals surface area contributed by atoms with E-state index in [4.69, 9.17) is 0 Å². The summed E-state index contributed by atoms with van der Waals surface area (Å²) in [6.45, 7) is 2.63. The van der Waals surface area contributed by atoms with Gasteiger partial charge >= 0.3 is 0 Å². The molecule has 1 aromatic heterocycles. The summed E-state index contributed by atoms with van der Waals surface area (Å²) in [5, 5.41) is 0. The highest BCUT2D eigenvalue weighted by Crippen LogP contribution is 2.33. The fourth-order valence-electron chi connectivity index (χ4n) is 3.74. The Morgan fingerprint density at radius 1 is 1.29 bits per heavy atom. The van der Waals surface area contributed by atoms with E-state index in [1.807, 2.05) is 17.9 Å². The number of amides is 1. The number of piperidine rings is 1. The molecular formula is C17H22N2O2. The van der Waals surface area contributed by atoms with Gasteiger partial charge in [-0.15, -0.1) is 0 Å². The molecule has 2 aliphatic rings. The van der Waals surface area contributed by atoms with Gasteiger partial charge in [-0.3, -0.25) is 14.6 Å². The van der Waals surface area contributed by atoms with Crippen LogP contribution in [0.1, 0.15) is 54.6 Å². The summed E-state index contributed by atoms with van der Waals surface area (Å²) in [7, 11) is 0. The van der Waals surface area contributed by atoms with E-state index in [-0.39, 0.29) is 17.9 Å². The molecule has 2 atom stereocenters. The van der Waals surface area contributed by atoms with E-state index in [1.165, 1.54) is 0 Å². The molecule has 1 saturated carbocycles. The van der Waals surface area contributed by atoms with Crippen molar-refractivity contribution >= 4 is 11.7 Å². The molecule has 1 aliphatic heterocycles. The zero-order chi connectivity index (χ0) is 14.8. The average molecular weight is 286 g/mol. The molecule has 2 heterocycles. The topological polar surface area (TPSA) is 50.3 Å². The van der Waals surface area contributed by atoms with E-state index in [0.29, 0.717) is 17.8 Å². The lowest BCUT2D eigenvalue weighted by atomic mass is 9.88. The van der Waals surface area contributed by atoms with Gasteiger partial charge in [-0.25, -0.2) is 0 Å². The Kier molecular flexibility index (Phi) is 4.04. The predicted octanol–water partition coefficient (Wildman–Crippen LogP) is 2.75. The van der Waals surface area contributed by atoms with E-state index in [9.17, 15) is 9.59 Å². The summed E-state index contributed by atoms with van der Waals surface area (Å²) in [5.41, 5.74) is 1.44. The molecule has 0 radical (unpaired) electrons. The number of Topliss-reactive ketones (excluding diaryl/α,β-unsaturated/α-hetero) is 1. The molecule has 2 fully saturated rings. The van der Waals surface area contributed by atoms with Crippen molar-refractivity contribution in [3.05, 3.63) is 29.6 Å². The van der Waals surface area contributed by atoms with E-state index < -0.39 is 0 Å². The zero-order valence-corrected chi connectivity index (χ0v) is 12.5. The quantitative estimate of drug-likeness (QED) is 0.840. The lowest BCUT2D eigenvalue weighted by Crippen LogP contribution is -2.48. The minimum atomic E-state index is 0.0463. The lowest BCUT2D eigenvalue weighted by molar-refractivity contribution is -0.122. The minimum absolute atomic E-state index is 0.0463. The van der Waals surface area contributed by atoms with Gasteiger partial charge in [0, 0.05) is 36.8 Å². The normalized spacial score (nSPS) is 26.1. The molecule has 3 rings (SSSR count). The summed E-state index contributed by atoms with van der Waals surface area (Å²) >= 11 is 0. The lowest BCUT2D eigenvalue weighted by Gasteiger charge is -2.39. The van der Waals surface area contributed by atoms with Gasteiger partial charge in [-0.2, -0.15) is 0 Å². The monoisotopic (exact) mass is 286 g/mol. The van der Waals surface area contributed by atoms with Crippen LogP contribution in [-0.2, 0) is 4.79 Å². The number of aryl methyl sites for hydroxylation is 1. The third-order valence-electron chi connectivity index (χ3n) is 4.86. The van der Waals surface area contributed by atoms with Crippen molar-refractivity contribution in [2.45, 2.75) is 51.5 Å². The fourth-order valence-corrected chi connectivity index (χ4v) is 3.74. The van der Waals surface area contributed by atoms with Gasteiger partial charge in [0.2, 0.25) is 0 Å². The zero-order valence-electron chi connectivity index (χ0n) is 12.5. The second-order valence-electron chi connectivity index (χ2n) is 6.16. The Morgan fingerprint density at radius 3 is 2.86 bits per heavy atom. The molecule has 0 bridgehead atoms. The van der Waals surface area contributed by atoms with Crippen LogP contribution in [0, 0.1) is 12.8 Å². The summed E-state index contributed by atoms with van der Waals surface area (Å²) in [4.78, 5) is 31.1. The molecule has 112 valence electrons. The van der Waals surface area contributed by atoms with Crippen LogP contribution >= 0.6 is 0 Å². The van der Waals surface area contributed by atoms with E-state index in [0.717, 1.165) is 44.3 Å². The van der Waals surface area contributed by atoms with E-state index >= 15 is 0 Å². The summed E-state index contributed by atoms with van der Waals surface area (Å²) < 4.78 is 0. The molecule has 4 heteroatoms. The third kappa shape index (κ3) is 2.71. The maximum Gasteiger partial charge on any atom is 0.255 e. The smallest absolute Gasteiger partial charge is 0.255 e. The number of likely N-dealkylation sites (tertiary alicyclic amines) is 1. The SMILES string of the molecule is Cc1ncccc1C(=O)N1CCCCC1C1CCCC1=O. The highest BCUT2D eigenvalue weighted by molar-refractivity contribution is 5.96. The van der Waals surface area contributed by atoms with Gasteiger partial charge in [0.25, 0.3) is 5.91 Å². The van der Waals surface area contributed by atoms with Crippen LogP contribution in [-0.4, -0.2) is 34.2 Å². The Hall–Kier alpha value is -1.71. The Balaban J connectivity index is 1.86. The number of carbonyl (C=O) groups is 2. The second-order valence-corrected chi connectivity index (χ2v) is 6.16. The minimum Gasteiger partial charge on any atom is -0.335 e. The molecule has 4 nitrogen and oxygen atoms in total. The first-order valence-electron chi connectivity index (χ1n) is 7.94. The third-order valence-corrected chi connectivity index (χ3v) is 4.86. The van der Waals surface area contributed by atoms with Crippen molar-refractivity contribution in [2.75, 3.05) is 6.54 Å². The molecule has 2 unspecified atom stereocenters. The average Bonchev–Trinajstić information content (AvgIpc) is 2.93. The molecule has 0 spiro atoms.